The molecule has 1 rings (SSSR count). The Morgan fingerprint density at radius 1 is 1.18 bits per heavy atom. The van der Waals surface area contributed by atoms with Crippen molar-refractivity contribution < 1.29 is 4.39 Å². The molecular formula is C15H24FN. The Labute approximate surface area is 104 Å². The summed E-state index contributed by atoms with van der Waals surface area (Å²) in [5.41, 5.74) is 1.56. The summed E-state index contributed by atoms with van der Waals surface area (Å²) in [7, 11) is 0. The zero-order chi connectivity index (χ0) is 12.9. The molecule has 0 radical (unpaired) electrons. The van der Waals surface area contributed by atoms with E-state index in [-0.39, 0.29) is 5.82 Å². The van der Waals surface area contributed by atoms with Crippen LogP contribution in [0.1, 0.15) is 39.7 Å². The summed E-state index contributed by atoms with van der Waals surface area (Å²) in [5.74, 6) is -0.165. The fourth-order valence-electron chi connectivity index (χ4n) is 1.74. The zero-order valence-electron chi connectivity index (χ0n) is 11.4. The fraction of sp³-hybridized carbons (Fsp3) is 0.600. The Balaban J connectivity index is 2.30. The van der Waals surface area contributed by atoms with Gasteiger partial charge in [-0.15, -0.1) is 0 Å². The number of rotatable bonds is 5. The van der Waals surface area contributed by atoms with Gasteiger partial charge in [0.25, 0.3) is 0 Å². The van der Waals surface area contributed by atoms with Crippen LogP contribution in [0.25, 0.3) is 0 Å². The average molecular weight is 237 g/mol. The lowest BCUT2D eigenvalue weighted by Gasteiger charge is -2.20. The topological polar surface area (TPSA) is 12.0 Å². The minimum Gasteiger partial charge on any atom is -0.314 e. The van der Waals surface area contributed by atoms with E-state index in [1.807, 2.05) is 12.1 Å². The molecule has 0 spiro atoms. The average Bonchev–Trinajstić information content (AvgIpc) is 2.19. The van der Waals surface area contributed by atoms with Crippen molar-refractivity contribution in [3.63, 3.8) is 0 Å². The standard InChI is InChI=1S/C15H24FN/c1-12(17-10-9-15(2,3)4)11-13-5-7-14(16)8-6-13/h5-8,12,17H,9-11H2,1-4H3. The minimum absolute atomic E-state index is 0.165. The minimum atomic E-state index is -0.165. The van der Waals surface area contributed by atoms with Crippen LogP contribution in [0.15, 0.2) is 24.3 Å². The molecule has 0 saturated heterocycles. The van der Waals surface area contributed by atoms with Gasteiger partial charge in [0.1, 0.15) is 5.82 Å². The molecule has 0 aromatic heterocycles. The second kappa shape index (κ2) is 6.15. The van der Waals surface area contributed by atoms with E-state index < -0.39 is 0 Å². The van der Waals surface area contributed by atoms with Crippen LogP contribution < -0.4 is 5.32 Å². The second-order valence-electron chi connectivity index (χ2n) is 6.00. The molecule has 17 heavy (non-hydrogen) atoms. The summed E-state index contributed by atoms with van der Waals surface area (Å²) in [6, 6.07) is 7.20. The van der Waals surface area contributed by atoms with Crippen molar-refractivity contribution >= 4 is 0 Å². The van der Waals surface area contributed by atoms with Gasteiger partial charge in [0, 0.05) is 6.04 Å². The Morgan fingerprint density at radius 3 is 2.29 bits per heavy atom. The SMILES string of the molecule is CC(Cc1ccc(F)cc1)NCCC(C)(C)C. The highest BCUT2D eigenvalue weighted by Crippen LogP contribution is 2.17. The number of benzene rings is 1. The van der Waals surface area contributed by atoms with Gasteiger partial charge in [-0.05, 0) is 49.4 Å². The van der Waals surface area contributed by atoms with Crippen LogP contribution in [0.5, 0.6) is 0 Å². The molecule has 0 heterocycles. The van der Waals surface area contributed by atoms with E-state index in [0.29, 0.717) is 11.5 Å². The van der Waals surface area contributed by atoms with E-state index in [4.69, 9.17) is 0 Å². The van der Waals surface area contributed by atoms with Gasteiger partial charge in [-0.3, -0.25) is 0 Å². The highest BCUT2D eigenvalue weighted by molar-refractivity contribution is 5.16. The molecule has 1 atom stereocenters. The lowest BCUT2D eigenvalue weighted by atomic mass is 9.92. The van der Waals surface area contributed by atoms with E-state index >= 15 is 0 Å². The van der Waals surface area contributed by atoms with Crippen molar-refractivity contribution in [1.29, 1.82) is 0 Å². The third-order valence-electron chi connectivity index (χ3n) is 2.82. The number of hydrogen-bond donors (Lipinski definition) is 1. The number of nitrogens with one attached hydrogen (secondary N) is 1. The fourth-order valence-corrected chi connectivity index (χ4v) is 1.74. The lowest BCUT2D eigenvalue weighted by molar-refractivity contribution is 0.356. The molecule has 1 N–H and O–H groups in total. The summed E-state index contributed by atoms with van der Waals surface area (Å²) >= 11 is 0. The molecule has 1 nitrogen and oxygen atoms in total. The van der Waals surface area contributed by atoms with Gasteiger partial charge in [-0.2, -0.15) is 0 Å². The van der Waals surface area contributed by atoms with Crippen molar-refractivity contribution in [2.45, 2.75) is 46.6 Å². The maximum Gasteiger partial charge on any atom is 0.123 e. The monoisotopic (exact) mass is 237 g/mol. The first-order valence-electron chi connectivity index (χ1n) is 6.35. The molecule has 0 aliphatic carbocycles. The van der Waals surface area contributed by atoms with Gasteiger partial charge < -0.3 is 5.32 Å². The molecule has 1 unspecified atom stereocenters. The maximum atomic E-state index is 12.7. The van der Waals surface area contributed by atoms with Crippen LogP contribution in [0.2, 0.25) is 0 Å². The van der Waals surface area contributed by atoms with Crippen molar-refractivity contribution in [2.75, 3.05) is 6.54 Å². The van der Waals surface area contributed by atoms with Crippen molar-refractivity contribution in [2.24, 2.45) is 5.41 Å². The Kier molecular flexibility index (Phi) is 5.13. The molecule has 0 aliphatic heterocycles. The van der Waals surface area contributed by atoms with Crippen LogP contribution in [0.4, 0.5) is 4.39 Å². The first kappa shape index (κ1) is 14.2. The predicted octanol–water partition coefficient (Wildman–Crippen LogP) is 3.78. The number of hydrogen-bond acceptors (Lipinski definition) is 1. The van der Waals surface area contributed by atoms with Crippen molar-refractivity contribution in [3.05, 3.63) is 35.6 Å². The molecule has 0 aliphatic rings. The molecule has 0 fully saturated rings. The molecule has 96 valence electrons. The highest BCUT2D eigenvalue weighted by Gasteiger charge is 2.10. The second-order valence-corrected chi connectivity index (χ2v) is 6.00. The molecule has 1 aromatic carbocycles. The quantitative estimate of drug-likeness (QED) is 0.821. The Bertz CT molecular complexity index is 324. The van der Waals surface area contributed by atoms with Crippen molar-refractivity contribution in [1.82, 2.24) is 5.32 Å². The van der Waals surface area contributed by atoms with Gasteiger partial charge >= 0.3 is 0 Å². The van der Waals surface area contributed by atoms with Gasteiger partial charge in [-0.25, -0.2) is 4.39 Å². The van der Waals surface area contributed by atoms with Gasteiger partial charge in [0.15, 0.2) is 0 Å². The molecule has 1 aromatic rings. The van der Waals surface area contributed by atoms with Crippen LogP contribution in [-0.2, 0) is 6.42 Å². The molecule has 0 bridgehead atoms. The molecule has 2 heteroatoms. The van der Waals surface area contributed by atoms with E-state index in [9.17, 15) is 4.39 Å². The largest absolute Gasteiger partial charge is 0.314 e. The zero-order valence-corrected chi connectivity index (χ0v) is 11.4. The third kappa shape index (κ3) is 6.42. The normalized spacial score (nSPS) is 13.7. The first-order chi connectivity index (χ1) is 7.87. The third-order valence-corrected chi connectivity index (χ3v) is 2.82. The predicted molar refractivity (Wildman–Crippen MR) is 71.6 cm³/mol. The van der Waals surface area contributed by atoms with Crippen LogP contribution >= 0.6 is 0 Å². The van der Waals surface area contributed by atoms with Gasteiger partial charge in [0.05, 0.1) is 0 Å². The summed E-state index contributed by atoms with van der Waals surface area (Å²) in [6.45, 7) is 9.95. The Morgan fingerprint density at radius 2 is 1.76 bits per heavy atom. The van der Waals surface area contributed by atoms with E-state index in [0.717, 1.165) is 13.0 Å². The molecular weight excluding hydrogens is 213 g/mol. The molecule has 0 saturated carbocycles. The maximum absolute atomic E-state index is 12.7. The van der Waals surface area contributed by atoms with Gasteiger partial charge in [0.2, 0.25) is 0 Å². The summed E-state index contributed by atoms with van der Waals surface area (Å²) < 4.78 is 12.7. The first-order valence-corrected chi connectivity index (χ1v) is 6.35. The van der Waals surface area contributed by atoms with Crippen LogP contribution in [0, 0.1) is 11.2 Å². The van der Waals surface area contributed by atoms with Gasteiger partial charge in [-0.1, -0.05) is 32.9 Å². The van der Waals surface area contributed by atoms with E-state index in [2.05, 4.69) is 33.0 Å². The summed E-state index contributed by atoms with van der Waals surface area (Å²) in [4.78, 5) is 0. The summed E-state index contributed by atoms with van der Waals surface area (Å²) in [6.07, 6.45) is 2.12. The van der Waals surface area contributed by atoms with E-state index in [1.165, 1.54) is 24.1 Å². The van der Waals surface area contributed by atoms with E-state index in [1.54, 1.807) is 0 Å². The number of halogens is 1. The van der Waals surface area contributed by atoms with Crippen molar-refractivity contribution in [3.8, 4) is 0 Å². The smallest absolute Gasteiger partial charge is 0.123 e. The molecule has 0 amide bonds. The summed E-state index contributed by atoms with van der Waals surface area (Å²) in [5, 5.41) is 3.51. The lowest BCUT2D eigenvalue weighted by Crippen LogP contribution is -2.30. The van der Waals surface area contributed by atoms with Crippen LogP contribution in [-0.4, -0.2) is 12.6 Å². The van der Waals surface area contributed by atoms with Crippen LogP contribution in [0.3, 0.4) is 0 Å². The Hall–Kier alpha value is -0.890. The highest BCUT2D eigenvalue weighted by atomic mass is 19.1.